The first-order valence-corrected chi connectivity index (χ1v) is 4.84. The molecule has 3 heteroatoms. The Morgan fingerprint density at radius 2 is 1.92 bits per heavy atom. The van der Waals surface area contributed by atoms with Crippen molar-refractivity contribution in [1.29, 1.82) is 0 Å². The Bertz CT molecular complexity index is 161. The van der Waals surface area contributed by atoms with Gasteiger partial charge in [0.15, 0.2) is 0 Å². The van der Waals surface area contributed by atoms with Crippen molar-refractivity contribution < 1.29 is 4.74 Å². The molecule has 3 unspecified atom stereocenters. The molecule has 0 aliphatic carbocycles. The molecule has 3 atom stereocenters. The first-order valence-electron chi connectivity index (χ1n) is 4.84. The molecule has 0 spiro atoms. The van der Waals surface area contributed by atoms with Crippen LogP contribution in [-0.4, -0.2) is 37.4 Å². The molecule has 2 aliphatic heterocycles. The average Bonchev–Trinajstić information content (AvgIpc) is 2.39. The molecule has 0 amide bonds. The number of rotatable bonds is 2. The van der Waals surface area contributed by atoms with Crippen molar-refractivity contribution >= 4 is 0 Å². The predicted octanol–water partition coefficient (Wildman–Crippen LogP) is 0.763. The van der Waals surface area contributed by atoms with Crippen LogP contribution >= 0.6 is 0 Å². The molecule has 12 heavy (non-hydrogen) atoms. The molecule has 2 fully saturated rings. The lowest BCUT2D eigenvalue weighted by Gasteiger charge is -2.32. The Morgan fingerprint density at radius 1 is 1.17 bits per heavy atom. The molecule has 0 saturated carbocycles. The highest BCUT2D eigenvalue weighted by Gasteiger charge is 2.36. The molecule has 2 aliphatic rings. The summed E-state index contributed by atoms with van der Waals surface area (Å²) in [5, 5.41) is 2.03. The van der Waals surface area contributed by atoms with Crippen molar-refractivity contribution in [1.82, 2.24) is 10.4 Å². The smallest absolute Gasteiger partial charge is 0.0746 e. The van der Waals surface area contributed by atoms with E-state index in [0.29, 0.717) is 18.2 Å². The molecule has 70 valence electrons. The third-order valence-electron chi connectivity index (χ3n) is 2.81. The second kappa shape index (κ2) is 3.32. The second-order valence-corrected chi connectivity index (χ2v) is 4.08. The summed E-state index contributed by atoms with van der Waals surface area (Å²) in [4.78, 5) is 0. The van der Waals surface area contributed by atoms with Gasteiger partial charge in [0.05, 0.1) is 12.2 Å². The van der Waals surface area contributed by atoms with Crippen LogP contribution in [0, 0.1) is 0 Å². The molecule has 0 aromatic heterocycles. The van der Waals surface area contributed by atoms with E-state index in [-0.39, 0.29) is 0 Å². The van der Waals surface area contributed by atoms with Gasteiger partial charge in [0.1, 0.15) is 0 Å². The number of fused-ring (bicyclic) bond motifs is 2. The van der Waals surface area contributed by atoms with Gasteiger partial charge in [-0.2, -0.15) is 0 Å². The zero-order valence-corrected chi connectivity index (χ0v) is 7.92. The summed E-state index contributed by atoms with van der Waals surface area (Å²) in [5.41, 5.74) is 3.42. The SMILES string of the molecule is CN(C)NC1CCC2CCC1O2. The highest BCUT2D eigenvalue weighted by molar-refractivity contribution is 4.88. The van der Waals surface area contributed by atoms with Crippen molar-refractivity contribution in [2.75, 3.05) is 14.1 Å². The average molecular weight is 170 g/mol. The van der Waals surface area contributed by atoms with Gasteiger partial charge in [0, 0.05) is 20.1 Å². The predicted molar refractivity (Wildman–Crippen MR) is 47.7 cm³/mol. The van der Waals surface area contributed by atoms with Crippen LogP contribution < -0.4 is 5.43 Å². The lowest BCUT2D eigenvalue weighted by molar-refractivity contribution is -0.0311. The van der Waals surface area contributed by atoms with Gasteiger partial charge in [-0.15, -0.1) is 0 Å². The van der Waals surface area contributed by atoms with Gasteiger partial charge in [-0.3, -0.25) is 10.4 Å². The summed E-state index contributed by atoms with van der Waals surface area (Å²) >= 11 is 0. The molecule has 1 N–H and O–H groups in total. The minimum atomic E-state index is 0.478. The number of hydrogen-bond acceptors (Lipinski definition) is 3. The normalized spacial score (nSPS) is 40.8. The van der Waals surface area contributed by atoms with E-state index in [2.05, 4.69) is 5.43 Å². The van der Waals surface area contributed by atoms with E-state index in [0.717, 1.165) is 0 Å². The van der Waals surface area contributed by atoms with Gasteiger partial charge in [0.25, 0.3) is 0 Å². The van der Waals surface area contributed by atoms with Crippen LogP contribution in [0.25, 0.3) is 0 Å². The molecular weight excluding hydrogens is 152 g/mol. The summed E-state index contributed by atoms with van der Waals surface area (Å²) in [7, 11) is 4.09. The van der Waals surface area contributed by atoms with Gasteiger partial charge in [-0.05, 0) is 25.7 Å². The number of nitrogens with zero attached hydrogens (tertiary/aromatic N) is 1. The van der Waals surface area contributed by atoms with Crippen molar-refractivity contribution in [3.63, 3.8) is 0 Å². The Morgan fingerprint density at radius 3 is 2.67 bits per heavy atom. The number of nitrogens with one attached hydrogen (secondary N) is 1. The highest BCUT2D eigenvalue weighted by Crippen LogP contribution is 2.32. The number of hydrogen-bond donors (Lipinski definition) is 1. The quantitative estimate of drug-likeness (QED) is 0.619. The van der Waals surface area contributed by atoms with E-state index in [1.807, 2.05) is 19.1 Å². The standard InChI is InChI=1S/C9H18N2O/c1-11(2)10-8-5-3-7-4-6-9(8)12-7/h7-10H,3-6H2,1-2H3. The van der Waals surface area contributed by atoms with Crippen LogP contribution in [0.2, 0.25) is 0 Å². The minimum absolute atomic E-state index is 0.478. The summed E-state index contributed by atoms with van der Waals surface area (Å²) in [6, 6.07) is 0.554. The maximum Gasteiger partial charge on any atom is 0.0746 e. The topological polar surface area (TPSA) is 24.5 Å². The molecule has 0 radical (unpaired) electrons. The van der Waals surface area contributed by atoms with Gasteiger partial charge >= 0.3 is 0 Å². The third kappa shape index (κ3) is 1.63. The van der Waals surface area contributed by atoms with Crippen molar-refractivity contribution in [3.05, 3.63) is 0 Å². The minimum Gasteiger partial charge on any atom is -0.373 e. The highest BCUT2D eigenvalue weighted by atomic mass is 16.5. The van der Waals surface area contributed by atoms with E-state index >= 15 is 0 Å². The fourth-order valence-electron chi connectivity index (χ4n) is 2.27. The Kier molecular flexibility index (Phi) is 2.35. The summed E-state index contributed by atoms with van der Waals surface area (Å²) in [6.07, 6.45) is 6.09. The summed E-state index contributed by atoms with van der Waals surface area (Å²) in [6.45, 7) is 0. The molecule has 2 heterocycles. The van der Waals surface area contributed by atoms with Gasteiger partial charge in [-0.25, -0.2) is 0 Å². The van der Waals surface area contributed by atoms with Crippen LogP contribution in [0.4, 0.5) is 0 Å². The largest absolute Gasteiger partial charge is 0.373 e. The molecule has 3 nitrogen and oxygen atoms in total. The van der Waals surface area contributed by atoms with Gasteiger partial charge in [-0.1, -0.05) is 0 Å². The van der Waals surface area contributed by atoms with Crippen molar-refractivity contribution in [2.45, 2.75) is 43.9 Å². The summed E-state index contributed by atoms with van der Waals surface area (Å²) in [5.74, 6) is 0. The van der Waals surface area contributed by atoms with Crippen molar-refractivity contribution in [3.8, 4) is 0 Å². The zero-order chi connectivity index (χ0) is 8.55. The first kappa shape index (κ1) is 8.48. The van der Waals surface area contributed by atoms with Crippen LogP contribution in [0.15, 0.2) is 0 Å². The molecular formula is C9H18N2O. The lowest BCUT2D eigenvalue weighted by atomic mass is 10.1. The zero-order valence-electron chi connectivity index (χ0n) is 7.92. The summed E-state index contributed by atoms with van der Waals surface area (Å²) < 4.78 is 5.82. The van der Waals surface area contributed by atoms with Crippen LogP contribution in [-0.2, 0) is 4.74 Å². The van der Waals surface area contributed by atoms with E-state index in [4.69, 9.17) is 4.74 Å². The van der Waals surface area contributed by atoms with Crippen molar-refractivity contribution in [2.24, 2.45) is 0 Å². The molecule has 2 bridgehead atoms. The Labute approximate surface area is 74.0 Å². The number of ether oxygens (including phenoxy) is 1. The van der Waals surface area contributed by atoms with Crippen LogP contribution in [0.3, 0.4) is 0 Å². The van der Waals surface area contributed by atoms with E-state index in [1.54, 1.807) is 0 Å². The Hall–Kier alpha value is -0.120. The monoisotopic (exact) mass is 170 g/mol. The third-order valence-corrected chi connectivity index (χ3v) is 2.81. The van der Waals surface area contributed by atoms with E-state index < -0.39 is 0 Å². The van der Waals surface area contributed by atoms with E-state index in [1.165, 1.54) is 25.7 Å². The second-order valence-electron chi connectivity index (χ2n) is 4.08. The van der Waals surface area contributed by atoms with Crippen LogP contribution in [0.1, 0.15) is 25.7 Å². The fraction of sp³-hybridized carbons (Fsp3) is 1.00. The molecule has 2 rings (SSSR count). The van der Waals surface area contributed by atoms with Gasteiger partial charge in [0.2, 0.25) is 0 Å². The molecule has 0 aromatic carbocycles. The lowest BCUT2D eigenvalue weighted by Crippen LogP contribution is -2.48. The molecule has 0 aromatic rings. The Balaban J connectivity index is 1.89. The molecule has 2 saturated heterocycles. The number of hydrazine groups is 1. The first-order chi connectivity index (χ1) is 5.75. The fourth-order valence-corrected chi connectivity index (χ4v) is 2.27. The maximum absolute atomic E-state index is 5.82. The maximum atomic E-state index is 5.82. The van der Waals surface area contributed by atoms with E-state index in [9.17, 15) is 0 Å². The van der Waals surface area contributed by atoms with Gasteiger partial charge < -0.3 is 4.74 Å². The van der Waals surface area contributed by atoms with Crippen LogP contribution in [0.5, 0.6) is 0 Å².